The SMILES string of the molecule is CC(C)CCCOC(=O)C[O]. The van der Waals surface area contributed by atoms with Gasteiger partial charge in [-0.3, -0.25) is 0 Å². The monoisotopic (exact) mass is 159 g/mol. The maximum absolute atomic E-state index is 10.3. The van der Waals surface area contributed by atoms with Gasteiger partial charge >= 0.3 is 5.97 Å². The van der Waals surface area contributed by atoms with Gasteiger partial charge < -0.3 is 4.74 Å². The molecule has 0 saturated heterocycles. The van der Waals surface area contributed by atoms with Crippen LogP contribution in [0.1, 0.15) is 26.7 Å². The van der Waals surface area contributed by atoms with Crippen LogP contribution in [0.2, 0.25) is 0 Å². The lowest BCUT2D eigenvalue weighted by atomic mass is 10.1. The third-order valence-corrected chi connectivity index (χ3v) is 1.31. The fourth-order valence-corrected chi connectivity index (χ4v) is 0.719. The van der Waals surface area contributed by atoms with Gasteiger partial charge in [0.25, 0.3) is 0 Å². The van der Waals surface area contributed by atoms with Crippen molar-refractivity contribution in [1.82, 2.24) is 0 Å². The molecule has 3 heteroatoms. The van der Waals surface area contributed by atoms with E-state index < -0.39 is 12.6 Å². The van der Waals surface area contributed by atoms with E-state index in [0.29, 0.717) is 12.5 Å². The summed E-state index contributed by atoms with van der Waals surface area (Å²) in [5.74, 6) is -0.0188. The molecule has 0 spiro atoms. The lowest BCUT2D eigenvalue weighted by Crippen LogP contribution is -2.09. The standard InChI is InChI=1S/C8H15O3/c1-7(2)4-3-5-11-8(10)6-9/h7H,3-6H2,1-2H3. The Bertz CT molecular complexity index is 110. The van der Waals surface area contributed by atoms with Gasteiger partial charge in [-0.1, -0.05) is 13.8 Å². The van der Waals surface area contributed by atoms with Gasteiger partial charge in [-0.2, -0.15) is 0 Å². The van der Waals surface area contributed by atoms with Crippen molar-refractivity contribution in [2.45, 2.75) is 26.7 Å². The van der Waals surface area contributed by atoms with Crippen molar-refractivity contribution in [2.75, 3.05) is 13.2 Å². The second-order valence-corrected chi connectivity index (χ2v) is 2.90. The van der Waals surface area contributed by atoms with Gasteiger partial charge in [-0.25, -0.2) is 9.90 Å². The molecule has 0 aliphatic heterocycles. The van der Waals surface area contributed by atoms with E-state index >= 15 is 0 Å². The van der Waals surface area contributed by atoms with E-state index in [-0.39, 0.29) is 0 Å². The predicted molar refractivity (Wildman–Crippen MR) is 40.6 cm³/mol. The van der Waals surface area contributed by atoms with E-state index in [1.165, 1.54) is 0 Å². The molecule has 0 aliphatic carbocycles. The average molecular weight is 159 g/mol. The summed E-state index contributed by atoms with van der Waals surface area (Å²) in [6, 6.07) is 0. The van der Waals surface area contributed by atoms with Gasteiger partial charge in [0, 0.05) is 0 Å². The molecule has 0 aromatic carbocycles. The largest absolute Gasteiger partial charge is 0.464 e. The molecule has 0 unspecified atom stereocenters. The molecule has 0 fully saturated rings. The van der Waals surface area contributed by atoms with Crippen LogP contribution in [0.25, 0.3) is 0 Å². The first-order valence-corrected chi connectivity index (χ1v) is 3.90. The number of hydrogen-bond donors (Lipinski definition) is 0. The highest BCUT2D eigenvalue weighted by Gasteiger charge is 2.00. The molecule has 0 saturated carbocycles. The van der Waals surface area contributed by atoms with Crippen LogP contribution >= 0.6 is 0 Å². The number of ether oxygens (including phenoxy) is 1. The van der Waals surface area contributed by atoms with Crippen LogP contribution in [-0.4, -0.2) is 19.2 Å². The van der Waals surface area contributed by atoms with Crippen molar-refractivity contribution in [3.8, 4) is 0 Å². The van der Waals surface area contributed by atoms with E-state index in [2.05, 4.69) is 18.6 Å². The highest BCUT2D eigenvalue weighted by molar-refractivity contribution is 5.70. The predicted octanol–water partition coefficient (Wildman–Crippen LogP) is 1.40. The van der Waals surface area contributed by atoms with Crippen LogP contribution in [0.15, 0.2) is 0 Å². The fourth-order valence-electron chi connectivity index (χ4n) is 0.719. The summed E-state index contributed by atoms with van der Waals surface area (Å²) in [7, 11) is 0. The molecular formula is C8H15O3. The first-order chi connectivity index (χ1) is 5.16. The Kier molecular flexibility index (Phi) is 5.84. The second kappa shape index (κ2) is 6.16. The number of hydrogen-bond acceptors (Lipinski definition) is 2. The zero-order valence-electron chi connectivity index (χ0n) is 7.13. The Balaban J connectivity index is 3.08. The molecule has 0 aliphatic rings. The molecule has 3 nitrogen and oxygen atoms in total. The normalized spacial score (nSPS) is 10.2. The van der Waals surface area contributed by atoms with Gasteiger partial charge in [0.1, 0.15) is 0 Å². The van der Waals surface area contributed by atoms with Gasteiger partial charge in [0.15, 0.2) is 6.61 Å². The minimum Gasteiger partial charge on any atom is -0.464 e. The average Bonchev–Trinajstić information content (AvgIpc) is 1.97. The molecule has 0 bridgehead atoms. The Hall–Kier alpha value is -0.570. The van der Waals surface area contributed by atoms with Crippen molar-refractivity contribution in [1.29, 1.82) is 0 Å². The molecule has 65 valence electrons. The Labute approximate surface area is 67.4 Å². The molecule has 0 aromatic rings. The molecule has 0 rings (SSSR count). The van der Waals surface area contributed by atoms with E-state index in [4.69, 9.17) is 0 Å². The number of carbonyl (C=O) groups is 1. The Morgan fingerprint density at radius 3 is 2.55 bits per heavy atom. The van der Waals surface area contributed by atoms with Gasteiger partial charge in [-0.15, -0.1) is 0 Å². The van der Waals surface area contributed by atoms with Crippen molar-refractivity contribution in [3.63, 3.8) is 0 Å². The summed E-state index contributed by atoms with van der Waals surface area (Å²) in [6.07, 6.45) is 1.88. The molecule has 0 N–H and O–H groups in total. The summed E-state index contributed by atoms with van der Waals surface area (Å²) >= 11 is 0. The molecule has 0 atom stereocenters. The quantitative estimate of drug-likeness (QED) is 0.449. The van der Waals surface area contributed by atoms with E-state index in [9.17, 15) is 9.90 Å². The van der Waals surface area contributed by atoms with Crippen LogP contribution in [0, 0.1) is 5.92 Å². The van der Waals surface area contributed by atoms with Crippen LogP contribution in [0.4, 0.5) is 0 Å². The van der Waals surface area contributed by atoms with E-state index in [1.54, 1.807) is 0 Å². The molecule has 1 radical (unpaired) electrons. The smallest absolute Gasteiger partial charge is 0.335 e. The summed E-state index contributed by atoms with van der Waals surface area (Å²) in [5, 5.41) is 9.88. The van der Waals surface area contributed by atoms with Crippen LogP contribution in [0.3, 0.4) is 0 Å². The summed E-state index contributed by atoms with van der Waals surface area (Å²) in [4.78, 5) is 10.3. The lowest BCUT2D eigenvalue weighted by Gasteiger charge is -2.04. The topological polar surface area (TPSA) is 46.2 Å². The highest BCUT2D eigenvalue weighted by Crippen LogP contribution is 2.02. The number of rotatable bonds is 5. The van der Waals surface area contributed by atoms with Crippen molar-refractivity contribution >= 4 is 5.97 Å². The summed E-state index contributed by atoms with van der Waals surface area (Å²) < 4.78 is 4.59. The fraction of sp³-hybridized carbons (Fsp3) is 0.875. The number of esters is 1. The van der Waals surface area contributed by atoms with Crippen LogP contribution in [0.5, 0.6) is 0 Å². The third-order valence-electron chi connectivity index (χ3n) is 1.31. The first kappa shape index (κ1) is 10.4. The zero-order valence-corrected chi connectivity index (χ0v) is 7.13. The first-order valence-electron chi connectivity index (χ1n) is 3.90. The molecular weight excluding hydrogens is 144 g/mol. The summed E-state index contributed by atoms with van der Waals surface area (Å²) in [6.45, 7) is 3.84. The van der Waals surface area contributed by atoms with Crippen molar-refractivity contribution < 1.29 is 14.6 Å². The van der Waals surface area contributed by atoms with E-state index in [0.717, 1.165) is 12.8 Å². The maximum Gasteiger partial charge on any atom is 0.335 e. The molecule has 0 aromatic heterocycles. The third kappa shape index (κ3) is 7.33. The van der Waals surface area contributed by atoms with Crippen molar-refractivity contribution in [2.24, 2.45) is 5.92 Å². The van der Waals surface area contributed by atoms with Gasteiger partial charge in [0.2, 0.25) is 0 Å². The molecule has 11 heavy (non-hydrogen) atoms. The van der Waals surface area contributed by atoms with Crippen LogP contribution in [-0.2, 0) is 14.6 Å². The zero-order chi connectivity index (χ0) is 8.69. The minimum atomic E-state index is -0.762. The van der Waals surface area contributed by atoms with E-state index in [1.807, 2.05) is 0 Å². The Morgan fingerprint density at radius 1 is 1.45 bits per heavy atom. The number of carbonyl (C=O) groups excluding carboxylic acids is 1. The van der Waals surface area contributed by atoms with Gasteiger partial charge in [-0.05, 0) is 18.8 Å². The lowest BCUT2D eigenvalue weighted by molar-refractivity contribution is -0.149. The summed E-state index contributed by atoms with van der Waals surface area (Å²) in [5.41, 5.74) is 0. The van der Waals surface area contributed by atoms with Gasteiger partial charge in [0.05, 0.1) is 6.61 Å². The Morgan fingerprint density at radius 2 is 2.09 bits per heavy atom. The van der Waals surface area contributed by atoms with Crippen LogP contribution < -0.4 is 0 Å². The second-order valence-electron chi connectivity index (χ2n) is 2.90. The maximum atomic E-state index is 10.3. The molecule has 0 heterocycles. The minimum absolute atomic E-state index is 0.388. The van der Waals surface area contributed by atoms with Crippen molar-refractivity contribution in [3.05, 3.63) is 0 Å². The molecule has 0 amide bonds. The highest BCUT2D eigenvalue weighted by atomic mass is 16.5.